The quantitative estimate of drug-likeness (QED) is 0.761. The van der Waals surface area contributed by atoms with Gasteiger partial charge in [-0.15, -0.1) is 0 Å². The summed E-state index contributed by atoms with van der Waals surface area (Å²) in [6.45, 7) is -2.94. The van der Waals surface area contributed by atoms with Crippen molar-refractivity contribution in [1.29, 1.82) is 0 Å². The van der Waals surface area contributed by atoms with Gasteiger partial charge in [-0.05, 0) is 12.1 Å². The zero-order chi connectivity index (χ0) is 12.7. The molecule has 0 spiro atoms. The van der Waals surface area contributed by atoms with Crippen molar-refractivity contribution in [3.8, 4) is 5.75 Å². The van der Waals surface area contributed by atoms with Gasteiger partial charge in [-0.2, -0.15) is 8.78 Å². The van der Waals surface area contributed by atoms with Gasteiger partial charge in [-0.25, -0.2) is 0 Å². The molecule has 0 aliphatic carbocycles. The number of aromatic nitrogens is 1. The van der Waals surface area contributed by atoms with Crippen LogP contribution < -0.4 is 10.3 Å². The van der Waals surface area contributed by atoms with E-state index in [0.717, 1.165) is 0 Å². The highest BCUT2D eigenvalue weighted by Crippen LogP contribution is 2.33. The number of benzene rings is 1. The van der Waals surface area contributed by atoms with Crippen molar-refractivity contribution in [2.24, 2.45) is 0 Å². The number of H-pyrrole nitrogens is 1. The lowest BCUT2D eigenvalue weighted by molar-refractivity contribution is -0.0493. The van der Waals surface area contributed by atoms with Crippen molar-refractivity contribution in [2.45, 2.75) is 6.61 Å². The minimum absolute atomic E-state index is 0.0851. The number of para-hydroxylation sites is 1. The average molecular weight is 251 g/mol. The molecule has 4 nitrogen and oxygen atoms in total. The highest BCUT2D eigenvalue weighted by atomic mass is 19.3. The summed E-state index contributed by atoms with van der Waals surface area (Å²) >= 11 is 0. The predicted molar refractivity (Wildman–Crippen MR) is 61.0 cm³/mol. The maximum atomic E-state index is 12.3. The number of ether oxygens (including phenoxy) is 1. The zero-order valence-electron chi connectivity index (χ0n) is 8.94. The van der Waals surface area contributed by atoms with Gasteiger partial charge >= 0.3 is 6.61 Å². The van der Waals surface area contributed by atoms with E-state index < -0.39 is 6.61 Å². The molecule has 1 N–H and O–H groups in total. The number of nitrogens with one attached hydrogen (secondary N) is 1. The van der Waals surface area contributed by atoms with Crippen LogP contribution in [0.1, 0.15) is 0 Å². The first-order chi connectivity index (χ1) is 8.66. The molecular formula is C12H7F2NO3. The van der Waals surface area contributed by atoms with Gasteiger partial charge in [0.1, 0.15) is 5.58 Å². The first-order valence-corrected chi connectivity index (χ1v) is 5.14. The smallest absolute Gasteiger partial charge is 0.387 e. The Morgan fingerprint density at radius 3 is 2.89 bits per heavy atom. The molecule has 0 atom stereocenters. The van der Waals surface area contributed by atoms with E-state index in [0.29, 0.717) is 16.4 Å². The zero-order valence-corrected chi connectivity index (χ0v) is 8.94. The van der Waals surface area contributed by atoms with Crippen LogP contribution in [0.2, 0.25) is 0 Å². The monoisotopic (exact) mass is 251 g/mol. The summed E-state index contributed by atoms with van der Waals surface area (Å²) in [4.78, 5) is 14.2. The van der Waals surface area contributed by atoms with Crippen molar-refractivity contribution in [1.82, 2.24) is 4.98 Å². The molecule has 6 heteroatoms. The van der Waals surface area contributed by atoms with E-state index in [1.54, 1.807) is 12.1 Å². The summed E-state index contributed by atoms with van der Waals surface area (Å²) in [6, 6.07) is 6.07. The molecule has 2 heterocycles. The summed E-state index contributed by atoms with van der Waals surface area (Å²) in [7, 11) is 0. The first kappa shape index (κ1) is 10.8. The highest BCUT2D eigenvalue weighted by Gasteiger charge is 2.15. The van der Waals surface area contributed by atoms with Gasteiger partial charge in [0.25, 0.3) is 5.56 Å². The van der Waals surface area contributed by atoms with Gasteiger partial charge in [0.05, 0.1) is 5.39 Å². The molecule has 0 fully saturated rings. The van der Waals surface area contributed by atoms with Crippen LogP contribution >= 0.6 is 0 Å². The molecule has 0 radical (unpaired) electrons. The van der Waals surface area contributed by atoms with Crippen LogP contribution in [0, 0.1) is 0 Å². The fourth-order valence-corrected chi connectivity index (χ4v) is 1.92. The van der Waals surface area contributed by atoms with Crippen LogP contribution in [-0.2, 0) is 0 Å². The number of pyridine rings is 1. The standard InChI is InChI=1S/C12H7F2NO3/c13-12(14)18-8-3-1-2-6-9-7(17-10(6)8)4-5-15-11(9)16/h1-5,12H,(H,15,16). The van der Waals surface area contributed by atoms with Crippen LogP contribution in [0.25, 0.3) is 21.9 Å². The molecule has 0 unspecified atom stereocenters. The Balaban J connectivity index is 2.39. The maximum Gasteiger partial charge on any atom is 0.387 e. The number of furan rings is 1. The second-order valence-electron chi connectivity index (χ2n) is 3.66. The summed E-state index contributed by atoms with van der Waals surface area (Å²) < 4.78 is 34.2. The van der Waals surface area contributed by atoms with Crippen molar-refractivity contribution in [2.75, 3.05) is 0 Å². The molecule has 0 aliphatic rings. The van der Waals surface area contributed by atoms with Gasteiger partial charge in [-0.3, -0.25) is 4.79 Å². The highest BCUT2D eigenvalue weighted by molar-refractivity contribution is 6.06. The molecule has 18 heavy (non-hydrogen) atoms. The lowest BCUT2D eigenvalue weighted by atomic mass is 10.2. The molecule has 3 aromatic rings. The van der Waals surface area contributed by atoms with Crippen molar-refractivity contribution < 1.29 is 17.9 Å². The number of alkyl halides is 2. The number of fused-ring (bicyclic) bond motifs is 3. The summed E-state index contributed by atoms with van der Waals surface area (Å²) in [6.07, 6.45) is 1.43. The Morgan fingerprint density at radius 1 is 1.28 bits per heavy atom. The lowest BCUT2D eigenvalue weighted by Crippen LogP contribution is -2.03. The Kier molecular flexibility index (Phi) is 2.29. The minimum atomic E-state index is -2.94. The van der Waals surface area contributed by atoms with Crippen molar-refractivity contribution >= 4 is 21.9 Å². The van der Waals surface area contributed by atoms with Crippen molar-refractivity contribution in [3.05, 3.63) is 40.8 Å². The number of hydrogen-bond acceptors (Lipinski definition) is 3. The molecule has 0 aliphatic heterocycles. The van der Waals surface area contributed by atoms with Crippen LogP contribution in [0.3, 0.4) is 0 Å². The fraction of sp³-hybridized carbons (Fsp3) is 0.0833. The van der Waals surface area contributed by atoms with E-state index in [1.165, 1.54) is 18.3 Å². The summed E-state index contributed by atoms with van der Waals surface area (Å²) in [5.41, 5.74) is 0.143. The third-order valence-electron chi connectivity index (χ3n) is 2.60. The molecule has 0 saturated heterocycles. The van der Waals surface area contributed by atoms with Gasteiger partial charge in [-0.1, -0.05) is 12.1 Å². The lowest BCUT2D eigenvalue weighted by Gasteiger charge is -2.03. The van der Waals surface area contributed by atoms with Crippen LogP contribution in [0.4, 0.5) is 8.78 Å². The topological polar surface area (TPSA) is 55.2 Å². The minimum Gasteiger partial charge on any atom is -0.452 e. The van der Waals surface area contributed by atoms with E-state index >= 15 is 0 Å². The largest absolute Gasteiger partial charge is 0.452 e. The van der Waals surface area contributed by atoms with E-state index in [2.05, 4.69) is 9.72 Å². The Bertz CT molecular complexity index is 776. The maximum absolute atomic E-state index is 12.3. The molecule has 0 saturated carbocycles. The number of rotatable bonds is 2. The van der Waals surface area contributed by atoms with Crippen LogP contribution in [-0.4, -0.2) is 11.6 Å². The number of aromatic amines is 1. The van der Waals surface area contributed by atoms with E-state index in [1.807, 2.05) is 0 Å². The third kappa shape index (κ3) is 1.54. The molecule has 0 amide bonds. The fourth-order valence-electron chi connectivity index (χ4n) is 1.92. The summed E-state index contributed by atoms with van der Waals surface area (Å²) in [5.74, 6) is -0.0851. The molecule has 1 aromatic carbocycles. The molecule has 0 bridgehead atoms. The first-order valence-electron chi connectivity index (χ1n) is 5.14. The predicted octanol–water partition coefficient (Wildman–Crippen LogP) is 2.88. The number of halogens is 2. The van der Waals surface area contributed by atoms with E-state index in [4.69, 9.17) is 4.42 Å². The second kappa shape index (κ2) is 3.83. The number of hydrogen-bond donors (Lipinski definition) is 1. The van der Waals surface area contributed by atoms with Crippen LogP contribution in [0.5, 0.6) is 5.75 Å². The summed E-state index contributed by atoms with van der Waals surface area (Å²) in [5, 5.41) is 0.775. The molecule has 3 rings (SSSR count). The van der Waals surface area contributed by atoms with Gasteiger partial charge in [0, 0.05) is 11.6 Å². The molecule has 2 aromatic heterocycles. The average Bonchev–Trinajstić information content (AvgIpc) is 2.69. The Labute approximate surface area is 98.8 Å². The van der Waals surface area contributed by atoms with Crippen molar-refractivity contribution in [3.63, 3.8) is 0 Å². The third-order valence-corrected chi connectivity index (χ3v) is 2.60. The Morgan fingerprint density at radius 2 is 2.11 bits per heavy atom. The van der Waals surface area contributed by atoms with Gasteiger partial charge < -0.3 is 14.1 Å². The van der Waals surface area contributed by atoms with E-state index in [9.17, 15) is 13.6 Å². The van der Waals surface area contributed by atoms with E-state index in [-0.39, 0.29) is 16.9 Å². The van der Waals surface area contributed by atoms with Crippen LogP contribution in [0.15, 0.2) is 39.7 Å². The second-order valence-corrected chi connectivity index (χ2v) is 3.66. The SMILES string of the molecule is O=c1[nH]ccc2oc3c(OC(F)F)cccc3c12. The Hall–Kier alpha value is -2.37. The molecule has 92 valence electrons. The normalized spacial score (nSPS) is 11.5. The van der Waals surface area contributed by atoms with Gasteiger partial charge in [0.2, 0.25) is 0 Å². The molecular weight excluding hydrogens is 244 g/mol. The van der Waals surface area contributed by atoms with Gasteiger partial charge in [0.15, 0.2) is 11.3 Å².